The molecule has 0 spiro atoms. The largest absolute Gasteiger partial charge is 0.497 e. The first-order chi connectivity index (χ1) is 14.6. The van der Waals surface area contributed by atoms with Crippen molar-refractivity contribution in [1.82, 2.24) is 14.5 Å². The third-order valence-electron chi connectivity index (χ3n) is 4.59. The molecule has 0 aliphatic carbocycles. The molecule has 0 saturated carbocycles. The van der Waals surface area contributed by atoms with E-state index in [1.54, 1.807) is 60.9 Å². The zero-order valence-electron chi connectivity index (χ0n) is 16.3. The minimum Gasteiger partial charge on any atom is -0.497 e. The summed E-state index contributed by atoms with van der Waals surface area (Å²) < 4.78 is 11.8. The number of ether oxygens (including phenoxy) is 2. The Morgan fingerprint density at radius 2 is 1.73 bits per heavy atom. The van der Waals surface area contributed by atoms with Crippen LogP contribution in [0, 0.1) is 0 Å². The first kappa shape index (κ1) is 19.1. The van der Waals surface area contributed by atoms with Crippen LogP contribution in [0.5, 0.6) is 17.4 Å². The second kappa shape index (κ2) is 8.04. The van der Waals surface area contributed by atoms with E-state index in [-0.39, 0.29) is 17.4 Å². The summed E-state index contributed by atoms with van der Waals surface area (Å²) in [6.45, 7) is 0. The predicted octanol–water partition coefficient (Wildman–Crippen LogP) is 3.25. The molecule has 0 unspecified atom stereocenters. The smallest absolute Gasteiger partial charge is 0.265 e. The Morgan fingerprint density at radius 1 is 1.00 bits per heavy atom. The van der Waals surface area contributed by atoms with Crippen molar-refractivity contribution in [1.29, 1.82) is 0 Å². The molecule has 4 rings (SSSR count). The van der Waals surface area contributed by atoms with Crippen LogP contribution >= 0.6 is 0 Å². The van der Waals surface area contributed by atoms with Gasteiger partial charge >= 0.3 is 0 Å². The minimum absolute atomic E-state index is 0.237. The van der Waals surface area contributed by atoms with E-state index in [0.717, 1.165) is 0 Å². The van der Waals surface area contributed by atoms with Gasteiger partial charge in [0.25, 0.3) is 5.56 Å². The SMILES string of the molecule is COc1ccc(-n2c(O)c(C=Nc3ncccn3)c3ccccc3c2=O)c(OC)c1. The molecule has 2 heterocycles. The number of fused-ring (bicyclic) bond motifs is 1. The molecule has 0 amide bonds. The van der Waals surface area contributed by atoms with Crippen molar-refractivity contribution < 1.29 is 14.6 Å². The second-order valence-corrected chi connectivity index (χ2v) is 6.27. The van der Waals surface area contributed by atoms with Crippen LogP contribution in [-0.2, 0) is 0 Å². The van der Waals surface area contributed by atoms with Crippen LogP contribution in [0.3, 0.4) is 0 Å². The lowest BCUT2D eigenvalue weighted by Gasteiger charge is -2.16. The van der Waals surface area contributed by atoms with Gasteiger partial charge in [0.05, 0.1) is 25.5 Å². The standard InChI is InChI=1S/C22H18N4O4/c1-29-14-8-9-18(19(12-14)30-2)26-20(27)16-7-4-3-6-15(16)17(21(26)28)13-25-22-23-10-5-11-24-22/h3-13,28H,1-2H3. The summed E-state index contributed by atoms with van der Waals surface area (Å²) in [6, 6.07) is 13.6. The molecule has 0 atom stereocenters. The monoisotopic (exact) mass is 402 g/mol. The number of aliphatic imine (C=N–C) groups is 1. The average Bonchev–Trinajstić information content (AvgIpc) is 2.80. The highest BCUT2D eigenvalue weighted by molar-refractivity contribution is 6.02. The number of aromatic nitrogens is 3. The van der Waals surface area contributed by atoms with E-state index in [0.29, 0.717) is 33.5 Å². The van der Waals surface area contributed by atoms with E-state index in [4.69, 9.17) is 9.47 Å². The lowest BCUT2D eigenvalue weighted by Crippen LogP contribution is -2.20. The van der Waals surface area contributed by atoms with Gasteiger partial charge in [0.1, 0.15) is 11.5 Å². The Bertz CT molecular complexity index is 1300. The number of hydrogen-bond acceptors (Lipinski definition) is 7. The van der Waals surface area contributed by atoms with Gasteiger partial charge in [-0.2, -0.15) is 0 Å². The average molecular weight is 402 g/mol. The van der Waals surface area contributed by atoms with E-state index in [2.05, 4.69) is 15.0 Å². The van der Waals surface area contributed by atoms with Crippen LogP contribution < -0.4 is 15.0 Å². The van der Waals surface area contributed by atoms with Crippen LogP contribution in [0.2, 0.25) is 0 Å². The summed E-state index contributed by atoms with van der Waals surface area (Å²) in [7, 11) is 3.02. The molecule has 0 saturated heterocycles. The third kappa shape index (κ3) is 3.35. The maximum absolute atomic E-state index is 13.2. The molecule has 150 valence electrons. The van der Waals surface area contributed by atoms with Crippen LogP contribution in [0.15, 0.2) is 70.7 Å². The number of rotatable bonds is 5. The van der Waals surface area contributed by atoms with Crippen molar-refractivity contribution in [3.8, 4) is 23.1 Å². The topological polar surface area (TPSA) is 98.8 Å². The Morgan fingerprint density at radius 3 is 2.43 bits per heavy atom. The molecule has 2 aromatic heterocycles. The summed E-state index contributed by atoms with van der Waals surface area (Å²) >= 11 is 0. The summed E-state index contributed by atoms with van der Waals surface area (Å²) in [5.74, 6) is 0.894. The molecule has 0 aliphatic heterocycles. The van der Waals surface area contributed by atoms with Crippen molar-refractivity contribution in [3.05, 3.63) is 76.8 Å². The van der Waals surface area contributed by atoms with Gasteiger partial charge in [-0.3, -0.25) is 4.79 Å². The van der Waals surface area contributed by atoms with Crippen LogP contribution in [0.1, 0.15) is 5.56 Å². The fraction of sp³-hybridized carbons (Fsp3) is 0.0909. The van der Waals surface area contributed by atoms with Gasteiger partial charge < -0.3 is 14.6 Å². The highest BCUT2D eigenvalue weighted by Gasteiger charge is 2.19. The molecule has 30 heavy (non-hydrogen) atoms. The number of hydrogen-bond donors (Lipinski definition) is 1. The van der Waals surface area contributed by atoms with Crippen molar-refractivity contribution in [2.75, 3.05) is 14.2 Å². The Labute approximate surface area is 171 Å². The molecule has 4 aromatic rings. The summed E-state index contributed by atoms with van der Waals surface area (Å²) in [5, 5.41) is 12.1. The van der Waals surface area contributed by atoms with Gasteiger partial charge in [0, 0.05) is 35.4 Å². The fourth-order valence-electron chi connectivity index (χ4n) is 3.16. The highest BCUT2D eigenvalue weighted by atomic mass is 16.5. The number of methoxy groups -OCH3 is 2. The third-order valence-corrected chi connectivity index (χ3v) is 4.59. The number of pyridine rings is 1. The molecule has 8 heteroatoms. The van der Waals surface area contributed by atoms with Crippen LogP contribution in [-0.4, -0.2) is 40.1 Å². The van der Waals surface area contributed by atoms with Crippen molar-refractivity contribution >= 4 is 22.9 Å². The van der Waals surface area contributed by atoms with Gasteiger partial charge in [0.15, 0.2) is 0 Å². The Balaban J connectivity index is 2.00. The normalized spacial score (nSPS) is 11.1. The maximum Gasteiger partial charge on any atom is 0.265 e. The number of aromatic hydroxyl groups is 1. The lowest BCUT2D eigenvalue weighted by atomic mass is 10.1. The lowest BCUT2D eigenvalue weighted by molar-refractivity contribution is 0.389. The first-order valence-electron chi connectivity index (χ1n) is 9.04. The van der Waals surface area contributed by atoms with Gasteiger partial charge in [-0.25, -0.2) is 19.5 Å². The van der Waals surface area contributed by atoms with E-state index in [1.807, 2.05) is 0 Å². The second-order valence-electron chi connectivity index (χ2n) is 6.27. The summed E-state index contributed by atoms with van der Waals surface area (Å²) in [4.78, 5) is 25.6. The predicted molar refractivity (Wildman–Crippen MR) is 114 cm³/mol. The van der Waals surface area contributed by atoms with E-state index in [1.165, 1.54) is 25.0 Å². The molecular formula is C22H18N4O4. The quantitative estimate of drug-likeness (QED) is 0.515. The zero-order valence-corrected chi connectivity index (χ0v) is 16.3. The van der Waals surface area contributed by atoms with E-state index < -0.39 is 0 Å². The maximum atomic E-state index is 13.2. The molecule has 0 bridgehead atoms. The summed E-state index contributed by atoms with van der Waals surface area (Å²) in [5.41, 5.74) is 0.340. The number of benzene rings is 2. The molecule has 0 aliphatic rings. The molecule has 8 nitrogen and oxygen atoms in total. The fourth-order valence-corrected chi connectivity index (χ4v) is 3.16. The van der Waals surface area contributed by atoms with Gasteiger partial charge in [-0.15, -0.1) is 0 Å². The van der Waals surface area contributed by atoms with E-state index in [9.17, 15) is 9.90 Å². The molecule has 0 fully saturated rings. The van der Waals surface area contributed by atoms with Gasteiger partial charge in [-0.05, 0) is 24.3 Å². The molecule has 2 aromatic carbocycles. The van der Waals surface area contributed by atoms with Crippen molar-refractivity contribution in [2.45, 2.75) is 0 Å². The summed E-state index contributed by atoms with van der Waals surface area (Å²) in [6.07, 6.45) is 4.58. The minimum atomic E-state index is -0.389. The van der Waals surface area contributed by atoms with Gasteiger partial charge in [0.2, 0.25) is 11.8 Å². The first-order valence-corrected chi connectivity index (χ1v) is 9.04. The number of nitrogens with zero attached hydrogens (tertiary/aromatic N) is 4. The highest BCUT2D eigenvalue weighted by Crippen LogP contribution is 2.32. The molecule has 0 radical (unpaired) electrons. The Kier molecular flexibility index (Phi) is 5.13. The molecular weight excluding hydrogens is 384 g/mol. The van der Waals surface area contributed by atoms with Crippen molar-refractivity contribution in [3.63, 3.8) is 0 Å². The van der Waals surface area contributed by atoms with Crippen LogP contribution in [0.25, 0.3) is 16.5 Å². The van der Waals surface area contributed by atoms with E-state index >= 15 is 0 Å². The molecule has 1 N–H and O–H groups in total. The van der Waals surface area contributed by atoms with Gasteiger partial charge in [-0.1, -0.05) is 18.2 Å². The zero-order chi connectivity index (χ0) is 21.1. The van der Waals surface area contributed by atoms with Crippen molar-refractivity contribution in [2.24, 2.45) is 4.99 Å². The van der Waals surface area contributed by atoms with Crippen LogP contribution in [0.4, 0.5) is 5.95 Å². The Hall–Kier alpha value is -4.20.